The Balaban J connectivity index is 1.73. The van der Waals surface area contributed by atoms with E-state index in [1.54, 1.807) is 0 Å². The summed E-state index contributed by atoms with van der Waals surface area (Å²) < 4.78 is 1.86. The van der Waals surface area contributed by atoms with Gasteiger partial charge in [-0.25, -0.2) is 9.50 Å². The molecule has 2 aromatic heterocycles. The van der Waals surface area contributed by atoms with E-state index in [4.69, 9.17) is 0 Å². The molecular formula is C15H22N4. The van der Waals surface area contributed by atoms with Gasteiger partial charge in [-0.3, -0.25) is 0 Å². The maximum absolute atomic E-state index is 4.43. The van der Waals surface area contributed by atoms with E-state index in [9.17, 15) is 0 Å². The van der Waals surface area contributed by atoms with Gasteiger partial charge in [0.15, 0.2) is 5.65 Å². The Morgan fingerprint density at radius 1 is 1.26 bits per heavy atom. The second-order valence-electron chi connectivity index (χ2n) is 6.81. The Bertz CT molecular complexity index is 610. The van der Waals surface area contributed by atoms with Crippen molar-refractivity contribution in [3.63, 3.8) is 0 Å². The molecule has 3 rings (SSSR count). The Hall–Kier alpha value is -1.42. The number of nitrogens with one attached hydrogen (secondary N) is 1. The highest BCUT2D eigenvalue weighted by molar-refractivity contribution is 5.38. The van der Waals surface area contributed by atoms with Gasteiger partial charge < -0.3 is 5.32 Å². The monoisotopic (exact) mass is 258 g/mol. The molecule has 0 radical (unpaired) electrons. The van der Waals surface area contributed by atoms with Crippen molar-refractivity contribution in [3.05, 3.63) is 29.7 Å². The number of aryl methyl sites for hydroxylation is 1. The van der Waals surface area contributed by atoms with Gasteiger partial charge in [-0.1, -0.05) is 27.7 Å². The van der Waals surface area contributed by atoms with E-state index < -0.39 is 0 Å². The second-order valence-corrected chi connectivity index (χ2v) is 6.81. The third-order valence-corrected chi connectivity index (χ3v) is 5.02. The average Bonchev–Trinajstić information content (AvgIpc) is 2.60. The molecule has 19 heavy (non-hydrogen) atoms. The average molecular weight is 258 g/mol. The maximum Gasteiger partial charge on any atom is 0.155 e. The van der Waals surface area contributed by atoms with Crippen LogP contribution in [-0.2, 0) is 6.54 Å². The van der Waals surface area contributed by atoms with Gasteiger partial charge in [0.1, 0.15) is 0 Å². The number of aromatic nitrogens is 3. The smallest absolute Gasteiger partial charge is 0.155 e. The van der Waals surface area contributed by atoms with Crippen molar-refractivity contribution < 1.29 is 0 Å². The summed E-state index contributed by atoms with van der Waals surface area (Å²) in [4.78, 5) is 4.43. The Morgan fingerprint density at radius 3 is 2.58 bits per heavy atom. The predicted octanol–water partition coefficient (Wildman–Crippen LogP) is 2.56. The summed E-state index contributed by atoms with van der Waals surface area (Å²) in [6, 6.07) is 2.56. The first-order chi connectivity index (χ1) is 8.82. The first-order valence-electron chi connectivity index (χ1n) is 6.87. The van der Waals surface area contributed by atoms with Gasteiger partial charge in [0.25, 0.3) is 0 Å². The highest BCUT2D eigenvalue weighted by Crippen LogP contribution is 2.62. The summed E-state index contributed by atoms with van der Waals surface area (Å²) in [5.74, 6) is 0. The summed E-state index contributed by atoms with van der Waals surface area (Å²) in [7, 11) is 0. The SMILES string of the molecule is Cc1cc2ncc(CNC3C(C)(C)C3(C)C)cn2n1. The molecule has 1 aliphatic carbocycles. The zero-order valence-electron chi connectivity index (χ0n) is 12.4. The van der Waals surface area contributed by atoms with Gasteiger partial charge in [0.2, 0.25) is 0 Å². The Labute approximate surface area is 114 Å². The van der Waals surface area contributed by atoms with Crippen LogP contribution in [0.25, 0.3) is 5.65 Å². The van der Waals surface area contributed by atoms with Gasteiger partial charge in [-0.05, 0) is 17.8 Å². The van der Waals surface area contributed by atoms with E-state index in [1.165, 1.54) is 5.56 Å². The van der Waals surface area contributed by atoms with Crippen LogP contribution in [0, 0.1) is 17.8 Å². The Kier molecular flexibility index (Phi) is 2.52. The lowest BCUT2D eigenvalue weighted by atomic mass is 10.0. The Morgan fingerprint density at radius 2 is 1.95 bits per heavy atom. The molecule has 2 heterocycles. The van der Waals surface area contributed by atoms with E-state index in [1.807, 2.05) is 23.7 Å². The molecule has 2 aromatic rings. The summed E-state index contributed by atoms with van der Waals surface area (Å²) in [6.45, 7) is 12.1. The van der Waals surface area contributed by atoms with Crippen LogP contribution in [0.3, 0.4) is 0 Å². The standard InChI is InChI=1S/C15H22N4/c1-10-6-12-16-7-11(9-19(12)18-10)8-17-13-14(2,3)15(13,4)5/h6-7,9,13,17H,8H2,1-5H3. The van der Waals surface area contributed by atoms with Crippen molar-refractivity contribution in [2.75, 3.05) is 0 Å². The van der Waals surface area contributed by atoms with Crippen LogP contribution in [-0.4, -0.2) is 20.6 Å². The van der Waals surface area contributed by atoms with Crippen LogP contribution in [0.4, 0.5) is 0 Å². The third-order valence-electron chi connectivity index (χ3n) is 5.02. The fraction of sp³-hybridized carbons (Fsp3) is 0.600. The number of rotatable bonds is 3. The van der Waals surface area contributed by atoms with Crippen LogP contribution < -0.4 is 5.32 Å². The topological polar surface area (TPSA) is 42.2 Å². The van der Waals surface area contributed by atoms with Crippen LogP contribution in [0.5, 0.6) is 0 Å². The molecule has 4 heteroatoms. The van der Waals surface area contributed by atoms with Crippen molar-refractivity contribution >= 4 is 5.65 Å². The summed E-state index contributed by atoms with van der Waals surface area (Å²) >= 11 is 0. The molecule has 0 unspecified atom stereocenters. The first-order valence-corrected chi connectivity index (χ1v) is 6.87. The van der Waals surface area contributed by atoms with Crippen LogP contribution in [0.1, 0.15) is 39.0 Å². The zero-order valence-corrected chi connectivity index (χ0v) is 12.4. The minimum absolute atomic E-state index is 0.368. The van der Waals surface area contributed by atoms with Gasteiger partial charge in [0.05, 0.1) is 5.69 Å². The van der Waals surface area contributed by atoms with E-state index >= 15 is 0 Å². The molecule has 0 aliphatic heterocycles. The van der Waals surface area contributed by atoms with Crippen LogP contribution in [0.15, 0.2) is 18.5 Å². The molecule has 1 saturated carbocycles. The fourth-order valence-electron chi connectivity index (χ4n) is 3.05. The third kappa shape index (κ3) is 1.86. The predicted molar refractivity (Wildman–Crippen MR) is 75.9 cm³/mol. The van der Waals surface area contributed by atoms with Crippen molar-refractivity contribution in [1.82, 2.24) is 19.9 Å². The molecule has 0 spiro atoms. The lowest BCUT2D eigenvalue weighted by molar-refractivity contribution is 0.457. The molecule has 1 aliphatic rings. The summed E-state index contributed by atoms with van der Waals surface area (Å²) in [6.07, 6.45) is 4.00. The molecule has 0 saturated heterocycles. The largest absolute Gasteiger partial charge is 0.309 e. The van der Waals surface area contributed by atoms with Crippen LogP contribution in [0.2, 0.25) is 0 Å². The number of hydrogen-bond donors (Lipinski definition) is 1. The van der Waals surface area contributed by atoms with E-state index in [0.29, 0.717) is 16.9 Å². The molecule has 0 amide bonds. The van der Waals surface area contributed by atoms with E-state index in [0.717, 1.165) is 17.9 Å². The van der Waals surface area contributed by atoms with E-state index in [2.05, 4.69) is 49.3 Å². The molecule has 102 valence electrons. The van der Waals surface area contributed by atoms with Crippen molar-refractivity contribution in [3.8, 4) is 0 Å². The van der Waals surface area contributed by atoms with Crippen molar-refractivity contribution in [2.24, 2.45) is 10.8 Å². The van der Waals surface area contributed by atoms with Crippen LogP contribution >= 0.6 is 0 Å². The lowest BCUT2D eigenvalue weighted by Crippen LogP contribution is -2.22. The number of nitrogens with zero attached hydrogens (tertiary/aromatic N) is 3. The summed E-state index contributed by atoms with van der Waals surface area (Å²) in [5, 5.41) is 8.04. The normalized spacial score (nSPS) is 20.9. The quantitative estimate of drug-likeness (QED) is 0.920. The first kappa shape index (κ1) is 12.6. The molecule has 0 atom stereocenters. The van der Waals surface area contributed by atoms with Gasteiger partial charge in [-0.15, -0.1) is 0 Å². The highest BCUT2D eigenvalue weighted by Gasteiger charge is 2.64. The molecule has 0 aromatic carbocycles. The molecular weight excluding hydrogens is 236 g/mol. The maximum atomic E-state index is 4.43. The van der Waals surface area contributed by atoms with Crippen molar-refractivity contribution in [2.45, 2.75) is 47.2 Å². The number of fused-ring (bicyclic) bond motifs is 1. The minimum atomic E-state index is 0.368. The fourth-order valence-corrected chi connectivity index (χ4v) is 3.05. The second kappa shape index (κ2) is 3.79. The van der Waals surface area contributed by atoms with Gasteiger partial charge in [-0.2, -0.15) is 5.10 Å². The number of hydrogen-bond acceptors (Lipinski definition) is 3. The minimum Gasteiger partial charge on any atom is -0.309 e. The molecule has 1 N–H and O–H groups in total. The molecule has 0 bridgehead atoms. The lowest BCUT2D eigenvalue weighted by Gasteiger charge is -2.06. The van der Waals surface area contributed by atoms with Crippen molar-refractivity contribution in [1.29, 1.82) is 0 Å². The van der Waals surface area contributed by atoms with E-state index in [-0.39, 0.29) is 0 Å². The zero-order chi connectivity index (χ0) is 13.8. The molecule has 4 nitrogen and oxygen atoms in total. The summed E-state index contributed by atoms with van der Waals surface area (Å²) in [5.41, 5.74) is 3.82. The van der Waals surface area contributed by atoms with Gasteiger partial charge >= 0.3 is 0 Å². The van der Waals surface area contributed by atoms with Gasteiger partial charge in [0, 0.05) is 36.6 Å². The highest BCUT2D eigenvalue weighted by atomic mass is 15.2. The molecule has 1 fully saturated rings.